The maximum Gasteiger partial charge on any atom is 0.305 e. The van der Waals surface area contributed by atoms with E-state index >= 15 is 0 Å². The third kappa shape index (κ3) is 5.88. The van der Waals surface area contributed by atoms with Crippen LogP contribution >= 0.6 is 0 Å². The zero-order valence-electron chi connectivity index (χ0n) is 21.1. The van der Waals surface area contributed by atoms with Gasteiger partial charge in [0.2, 0.25) is 0 Å². The van der Waals surface area contributed by atoms with Gasteiger partial charge in [-0.05, 0) is 54.3 Å². The molecule has 0 bridgehead atoms. The summed E-state index contributed by atoms with van der Waals surface area (Å²) in [6.07, 6.45) is 2.34. The summed E-state index contributed by atoms with van der Waals surface area (Å²) < 4.78 is 11.8. The van der Waals surface area contributed by atoms with Crippen molar-refractivity contribution in [1.29, 1.82) is 0 Å². The minimum atomic E-state index is -0.946. The molecule has 0 unspecified atom stereocenters. The number of amides is 1. The second-order valence-corrected chi connectivity index (χ2v) is 9.58. The highest BCUT2D eigenvalue weighted by Crippen LogP contribution is 2.38. The minimum Gasteiger partial charge on any atom is -0.496 e. The molecule has 0 aromatic heterocycles. The topological polar surface area (TPSA) is 76.1 Å². The van der Waals surface area contributed by atoms with Crippen molar-refractivity contribution in [2.24, 2.45) is 0 Å². The molecule has 0 saturated carbocycles. The highest BCUT2D eigenvalue weighted by Gasteiger charge is 2.35. The SMILES string of the molecule is CCc1ccc(C[C@@]2(C)Cc3cc(C(=O)N(CCC(=O)O)Cc4ccccc4OC)ccc3O2)cc1. The summed E-state index contributed by atoms with van der Waals surface area (Å²) in [7, 11) is 1.58. The lowest BCUT2D eigenvalue weighted by atomic mass is 9.91. The first kappa shape index (κ1) is 25.3. The van der Waals surface area contributed by atoms with Gasteiger partial charge in [-0.3, -0.25) is 9.59 Å². The van der Waals surface area contributed by atoms with Gasteiger partial charge in [-0.2, -0.15) is 0 Å². The van der Waals surface area contributed by atoms with E-state index in [2.05, 4.69) is 38.1 Å². The Morgan fingerprint density at radius 3 is 2.47 bits per heavy atom. The predicted octanol–water partition coefficient (Wildman–Crippen LogP) is 5.31. The first-order valence-corrected chi connectivity index (χ1v) is 12.3. The molecule has 0 fully saturated rings. The fourth-order valence-electron chi connectivity index (χ4n) is 4.78. The van der Waals surface area contributed by atoms with Gasteiger partial charge >= 0.3 is 5.97 Å². The fourth-order valence-corrected chi connectivity index (χ4v) is 4.78. The molecular weight excluding hydrogens is 454 g/mol. The molecule has 1 aliphatic heterocycles. The molecule has 1 amide bonds. The van der Waals surface area contributed by atoms with Crippen LogP contribution in [0.15, 0.2) is 66.7 Å². The summed E-state index contributed by atoms with van der Waals surface area (Å²) in [5.41, 5.74) is 4.47. The Kier molecular flexibility index (Phi) is 7.63. The van der Waals surface area contributed by atoms with E-state index in [0.29, 0.717) is 17.7 Å². The number of rotatable bonds is 10. The van der Waals surface area contributed by atoms with Crippen molar-refractivity contribution in [3.8, 4) is 11.5 Å². The Balaban J connectivity index is 1.52. The molecule has 36 heavy (non-hydrogen) atoms. The van der Waals surface area contributed by atoms with Gasteiger partial charge in [0.25, 0.3) is 5.91 Å². The lowest BCUT2D eigenvalue weighted by Crippen LogP contribution is -2.33. The van der Waals surface area contributed by atoms with Crippen LogP contribution in [0.4, 0.5) is 0 Å². The molecular formula is C30H33NO5. The van der Waals surface area contributed by atoms with E-state index in [1.54, 1.807) is 18.1 Å². The van der Waals surface area contributed by atoms with Crippen LogP contribution in [0.3, 0.4) is 0 Å². The van der Waals surface area contributed by atoms with E-state index in [4.69, 9.17) is 9.47 Å². The number of para-hydroxylation sites is 1. The monoisotopic (exact) mass is 487 g/mol. The van der Waals surface area contributed by atoms with Crippen molar-refractivity contribution in [1.82, 2.24) is 4.90 Å². The molecule has 0 aliphatic carbocycles. The molecule has 0 radical (unpaired) electrons. The third-order valence-corrected chi connectivity index (χ3v) is 6.67. The van der Waals surface area contributed by atoms with E-state index < -0.39 is 11.6 Å². The van der Waals surface area contributed by atoms with Crippen molar-refractivity contribution in [2.75, 3.05) is 13.7 Å². The van der Waals surface area contributed by atoms with Crippen LogP contribution in [0.5, 0.6) is 11.5 Å². The summed E-state index contributed by atoms with van der Waals surface area (Å²) in [6, 6.07) is 21.6. The molecule has 6 nitrogen and oxygen atoms in total. The molecule has 0 spiro atoms. The molecule has 3 aromatic rings. The molecule has 188 valence electrons. The zero-order valence-corrected chi connectivity index (χ0v) is 21.1. The number of aryl methyl sites for hydroxylation is 1. The van der Waals surface area contributed by atoms with Gasteiger partial charge in [-0.1, -0.05) is 49.4 Å². The van der Waals surface area contributed by atoms with E-state index in [9.17, 15) is 14.7 Å². The lowest BCUT2D eigenvalue weighted by Gasteiger charge is -2.24. The van der Waals surface area contributed by atoms with Crippen LogP contribution in [0.2, 0.25) is 0 Å². The van der Waals surface area contributed by atoms with Crippen LogP contribution < -0.4 is 9.47 Å². The molecule has 1 aliphatic rings. The van der Waals surface area contributed by atoms with Crippen LogP contribution in [-0.4, -0.2) is 41.1 Å². The van der Waals surface area contributed by atoms with E-state index in [0.717, 1.165) is 29.7 Å². The number of nitrogens with zero attached hydrogens (tertiary/aromatic N) is 1. The number of hydrogen-bond donors (Lipinski definition) is 1. The van der Waals surface area contributed by atoms with Crippen LogP contribution in [0, 0.1) is 0 Å². The number of carbonyl (C=O) groups excluding carboxylic acids is 1. The van der Waals surface area contributed by atoms with E-state index in [-0.39, 0.29) is 25.4 Å². The summed E-state index contributed by atoms with van der Waals surface area (Å²) in [5.74, 6) is 0.295. The largest absolute Gasteiger partial charge is 0.496 e. The number of hydrogen-bond acceptors (Lipinski definition) is 4. The Morgan fingerprint density at radius 1 is 1.06 bits per heavy atom. The van der Waals surface area contributed by atoms with E-state index in [1.165, 1.54) is 11.1 Å². The number of methoxy groups -OCH3 is 1. The smallest absolute Gasteiger partial charge is 0.305 e. The highest BCUT2D eigenvalue weighted by atomic mass is 16.5. The average molecular weight is 488 g/mol. The van der Waals surface area contributed by atoms with Crippen molar-refractivity contribution < 1.29 is 24.2 Å². The number of carboxylic acids is 1. The van der Waals surface area contributed by atoms with E-state index in [1.807, 2.05) is 36.4 Å². The van der Waals surface area contributed by atoms with Gasteiger partial charge in [0, 0.05) is 37.1 Å². The normalized spacial score (nSPS) is 16.2. The second kappa shape index (κ2) is 10.9. The first-order valence-electron chi connectivity index (χ1n) is 12.3. The summed E-state index contributed by atoms with van der Waals surface area (Å²) >= 11 is 0. The number of carboxylic acid groups (broad SMARTS) is 1. The second-order valence-electron chi connectivity index (χ2n) is 9.58. The van der Waals surface area contributed by atoms with Gasteiger partial charge in [0.05, 0.1) is 13.5 Å². The van der Waals surface area contributed by atoms with Crippen LogP contribution in [0.25, 0.3) is 0 Å². The van der Waals surface area contributed by atoms with Gasteiger partial charge in [-0.25, -0.2) is 0 Å². The molecule has 1 N–H and O–H groups in total. The van der Waals surface area contributed by atoms with Gasteiger partial charge in [-0.15, -0.1) is 0 Å². The fraction of sp³-hybridized carbons (Fsp3) is 0.333. The van der Waals surface area contributed by atoms with Crippen molar-refractivity contribution in [3.63, 3.8) is 0 Å². The van der Waals surface area contributed by atoms with Crippen molar-refractivity contribution in [3.05, 3.63) is 94.5 Å². The van der Waals surface area contributed by atoms with Gasteiger partial charge in [0.15, 0.2) is 0 Å². The maximum absolute atomic E-state index is 13.5. The molecule has 6 heteroatoms. The highest BCUT2D eigenvalue weighted by molar-refractivity contribution is 5.95. The Hall–Kier alpha value is -3.80. The lowest BCUT2D eigenvalue weighted by molar-refractivity contribution is -0.137. The van der Waals surface area contributed by atoms with Gasteiger partial charge in [0.1, 0.15) is 17.1 Å². The number of fused-ring (bicyclic) bond motifs is 1. The molecule has 3 aromatic carbocycles. The standard InChI is InChI=1S/C30H33NO5/c1-4-21-9-11-22(12-10-21)18-30(2)19-25-17-23(13-14-27(25)36-30)29(34)31(16-15-28(32)33)20-24-7-5-6-8-26(24)35-3/h5-14,17H,4,15-16,18-20H2,1-3H3,(H,32,33)/t30-/m0/s1. The molecule has 4 rings (SSSR count). The summed E-state index contributed by atoms with van der Waals surface area (Å²) in [6.45, 7) is 4.61. The third-order valence-electron chi connectivity index (χ3n) is 6.67. The van der Waals surface area contributed by atoms with Crippen LogP contribution in [0.1, 0.15) is 52.9 Å². The number of aliphatic carboxylic acids is 1. The predicted molar refractivity (Wildman–Crippen MR) is 139 cm³/mol. The molecule has 0 saturated heterocycles. The minimum absolute atomic E-state index is 0.102. The summed E-state index contributed by atoms with van der Waals surface area (Å²) in [4.78, 5) is 26.4. The number of benzene rings is 3. The Bertz CT molecular complexity index is 1240. The molecule has 1 atom stereocenters. The first-order chi connectivity index (χ1) is 17.3. The number of carbonyl (C=O) groups is 2. The average Bonchev–Trinajstić information content (AvgIpc) is 3.21. The van der Waals surface area contributed by atoms with Crippen molar-refractivity contribution in [2.45, 2.75) is 51.7 Å². The van der Waals surface area contributed by atoms with Gasteiger partial charge < -0.3 is 19.5 Å². The summed E-state index contributed by atoms with van der Waals surface area (Å²) in [5, 5.41) is 9.24. The maximum atomic E-state index is 13.5. The molecule has 1 heterocycles. The Labute approximate surface area is 212 Å². The van der Waals surface area contributed by atoms with Crippen molar-refractivity contribution >= 4 is 11.9 Å². The zero-order chi connectivity index (χ0) is 25.7. The quantitative estimate of drug-likeness (QED) is 0.419. The number of ether oxygens (including phenoxy) is 2. The Morgan fingerprint density at radius 2 is 1.78 bits per heavy atom. The van der Waals surface area contributed by atoms with Crippen LogP contribution in [-0.2, 0) is 30.6 Å².